The Balaban J connectivity index is 2.15. The fourth-order valence-corrected chi connectivity index (χ4v) is 5.48. The molecule has 0 aliphatic carbocycles. The van der Waals surface area contributed by atoms with E-state index in [9.17, 15) is 13.2 Å². The Morgan fingerprint density at radius 3 is 2.62 bits per heavy atom. The van der Waals surface area contributed by atoms with Gasteiger partial charge in [0.1, 0.15) is 5.60 Å². The second kappa shape index (κ2) is 8.14. The average molecular weight is 513 g/mol. The summed E-state index contributed by atoms with van der Waals surface area (Å²) in [5.74, 6) is 0. The number of sulfonamides is 1. The molecule has 2 rings (SSSR count). The van der Waals surface area contributed by atoms with E-state index in [0.717, 1.165) is 0 Å². The second-order valence-electron chi connectivity index (χ2n) is 7.15. The maximum absolute atomic E-state index is 12.7. The number of ether oxygens (including phenoxy) is 1. The number of hydrogen-bond acceptors (Lipinski definition) is 5. The largest absolute Gasteiger partial charge is 0.444 e. The Bertz CT molecular complexity index is 780. The second-order valence-corrected chi connectivity index (χ2v) is 10.6. The number of amides is 1. The molecule has 1 aliphatic rings. The van der Waals surface area contributed by atoms with Crippen LogP contribution in [-0.4, -0.2) is 50.2 Å². The summed E-state index contributed by atoms with van der Waals surface area (Å²) in [5, 5.41) is 0. The minimum Gasteiger partial charge on any atom is -0.444 e. The van der Waals surface area contributed by atoms with Gasteiger partial charge in [-0.25, -0.2) is 17.9 Å². The van der Waals surface area contributed by atoms with Gasteiger partial charge < -0.3 is 15.4 Å². The predicted molar refractivity (Wildman–Crippen MR) is 106 cm³/mol. The van der Waals surface area contributed by atoms with Gasteiger partial charge in [-0.2, -0.15) is 0 Å². The Hall–Kier alpha value is -0.680. The number of nitrogens with one attached hydrogen (secondary N) is 1. The van der Waals surface area contributed by atoms with Crippen LogP contribution in [0.4, 0.5) is 4.79 Å². The SMILES string of the molecule is CC(C)(C)OC(=O)N1C[C@H](NS(=O)(=O)c2cc(Br)ccc2Br)C[C@@H]1CN. The van der Waals surface area contributed by atoms with Crippen LogP contribution in [0.1, 0.15) is 27.2 Å². The van der Waals surface area contributed by atoms with E-state index in [1.807, 2.05) is 0 Å². The molecule has 1 aliphatic heterocycles. The number of halogens is 2. The molecule has 1 fully saturated rings. The first-order valence-electron chi connectivity index (χ1n) is 8.10. The Kier molecular flexibility index (Phi) is 6.76. The lowest BCUT2D eigenvalue weighted by Crippen LogP contribution is -2.43. The standard InChI is InChI=1S/C16H23Br2N3O4S/c1-16(2,3)25-15(22)21-9-11(7-12(21)8-19)20-26(23,24)14-6-10(17)4-5-13(14)18/h4-6,11-12,20H,7-9,19H2,1-3H3/t11-,12-/m1/s1. The van der Waals surface area contributed by atoms with Crippen molar-refractivity contribution >= 4 is 48.0 Å². The molecule has 26 heavy (non-hydrogen) atoms. The first-order chi connectivity index (χ1) is 11.9. The van der Waals surface area contributed by atoms with Crippen LogP contribution < -0.4 is 10.5 Å². The third kappa shape index (κ3) is 5.41. The zero-order chi connectivity index (χ0) is 19.7. The lowest BCUT2D eigenvalue weighted by atomic mass is 10.2. The van der Waals surface area contributed by atoms with Gasteiger partial charge in [-0.1, -0.05) is 15.9 Å². The summed E-state index contributed by atoms with van der Waals surface area (Å²) in [4.78, 5) is 14.0. The molecule has 7 nitrogen and oxygen atoms in total. The highest BCUT2D eigenvalue weighted by Gasteiger charge is 2.38. The van der Waals surface area contributed by atoms with E-state index in [1.165, 1.54) is 11.0 Å². The number of hydrogen-bond donors (Lipinski definition) is 2. The fourth-order valence-electron chi connectivity index (χ4n) is 2.74. The summed E-state index contributed by atoms with van der Waals surface area (Å²) in [7, 11) is -3.76. The molecule has 0 aromatic heterocycles. The van der Waals surface area contributed by atoms with Crippen molar-refractivity contribution in [3.63, 3.8) is 0 Å². The van der Waals surface area contributed by atoms with Crippen molar-refractivity contribution < 1.29 is 17.9 Å². The van der Waals surface area contributed by atoms with Crippen LogP contribution in [0.15, 0.2) is 32.0 Å². The van der Waals surface area contributed by atoms with Crippen molar-refractivity contribution in [3.8, 4) is 0 Å². The first kappa shape index (κ1) is 21.6. The molecule has 1 aromatic rings. The van der Waals surface area contributed by atoms with Crippen molar-refractivity contribution in [1.29, 1.82) is 0 Å². The molecule has 146 valence electrons. The van der Waals surface area contributed by atoms with Gasteiger partial charge in [0, 0.05) is 34.1 Å². The van der Waals surface area contributed by atoms with Crippen molar-refractivity contribution in [3.05, 3.63) is 27.1 Å². The summed E-state index contributed by atoms with van der Waals surface area (Å²) < 4.78 is 34.6. The molecular formula is C16H23Br2N3O4S. The van der Waals surface area contributed by atoms with Crippen LogP contribution in [-0.2, 0) is 14.8 Å². The van der Waals surface area contributed by atoms with E-state index < -0.39 is 27.8 Å². The number of likely N-dealkylation sites (tertiary alicyclic amines) is 1. The molecule has 3 N–H and O–H groups in total. The van der Waals surface area contributed by atoms with Gasteiger partial charge in [0.2, 0.25) is 10.0 Å². The summed E-state index contributed by atoms with van der Waals surface area (Å²) in [6, 6.07) is 4.21. The lowest BCUT2D eigenvalue weighted by molar-refractivity contribution is 0.0230. The third-order valence-corrected chi connectivity index (χ3v) is 6.83. The summed E-state index contributed by atoms with van der Waals surface area (Å²) in [6.07, 6.45) is -0.0566. The minimum atomic E-state index is -3.76. The molecule has 0 spiro atoms. The van der Waals surface area contributed by atoms with Crippen LogP contribution in [0, 0.1) is 0 Å². The topological polar surface area (TPSA) is 102 Å². The van der Waals surface area contributed by atoms with Crippen LogP contribution in [0.3, 0.4) is 0 Å². The predicted octanol–water partition coefficient (Wildman–Crippen LogP) is 2.83. The minimum absolute atomic E-state index is 0.131. The van der Waals surface area contributed by atoms with E-state index in [-0.39, 0.29) is 24.0 Å². The van der Waals surface area contributed by atoms with Crippen molar-refractivity contribution in [2.24, 2.45) is 5.73 Å². The van der Waals surface area contributed by atoms with Crippen LogP contribution >= 0.6 is 31.9 Å². The smallest absolute Gasteiger partial charge is 0.410 e. The zero-order valence-corrected chi connectivity index (χ0v) is 18.8. The van der Waals surface area contributed by atoms with Crippen molar-refractivity contribution in [2.75, 3.05) is 13.1 Å². The maximum Gasteiger partial charge on any atom is 0.410 e. The monoisotopic (exact) mass is 511 g/mol. The lowest BCUT2D eigenvalue weighted by Gasteiger charge is -2.27. The molecule has 2 atom stereocenters. The average Bonchev–Trinajstić information content (AvgIpc) is 2.90. The van der Waals surface area contributed by atoms with Crippen LogP contribution in [0.2, 0.25) is 0 Å². The van der Waals surface area contributed by atoms with Gasteiger partial charge >= 0.3 is 6.09 Å². The van der Waals surface area contributed by atoms with E-state index in [2.05, 4.69) is 36.6 Å². The number of rotatable bonds is 4. The first-order valence-corrected chi connectivity index (χ1v) is 11.2. The molecule has 1 saturated heterocycles. The number of carbonyl (C=O) groups is 1. The van der Waals surface area contributed by atoms with Gasteiger partial charge in [0.15, 0.2) is 0 Å². The highest BCUT2D eigenvalue weighted by atomic mass is 79.9. The Morgan fingerprint density at radius 1 is 1.38 bits per heavy atom. The van der Waals surface area contributed by atoms with Crippen molar-refractivity contribution in [2.45, 2.75) is 49.8 Å². The Labute approximate surface area is 170 Å². The molecule has 1 amide bonds. The summed E-state index contributed by atoms with van der Waals surface area (Å²) >= 11 is 6.54. The van der Waals surface area contributed by atoms with Gasteiger partial charge in [-0.3, -0.25) is 0 Å². The van der Waals surface area contributed by atoms with Gasteiger partial charge in [0.05, 0.1) is 4.90 Å². The third-order valence-electron chi connectivity index (χ3n) is 3.82. The van der Waals surface area contributed by atoms with E-state index >= 15 is 0 Å². The molecular weight excluding hydrogens is 490 g/mol. The van der Waals surface area contributed by atoms with E-state index in [4.69, 9.17) is 10.5 Å². The number of benzene rings is 1. The van der Waals surface area contributed by atoms with Gasteiger partial charge in [-0.05, 0) is 61.3 Å². The molecule has 0 saturated carbocycles. The fraction of sp³-hybridized carbons (Fsp3) is 0.562. The molecule has 1 heterocycles. The molecule has 0 bridgehead atoms. The van der Waals surface area contributed by atoms with E-state index in [0.29, 0.717) is 15.4 Å². The molecule has 1 aromatic carbocycles. The molecule has 0 unspecified atom stereocenters. The molecule has 0 radical (unpaired) electrons. The van der Waals surface area contributed by atoms with Crippen LogP contribution in [0.5, 0.6) is 0 Å². The van der Waals surface area contributed by atoms with Crippen molar-refractivity contribution in [1.82, 2.24) is 9.62 Å². The number of nitrogens with zero attached hydrogens (tertiary/aromatic N) is 1. The highest BCUT2D eigenvalue weighted by Crippen LogP contribution is 2.27. The maximum atomic E-state index is 12.7. The number of nitrogens with two attached hydrogens (primary N) is 1. The normalized spacial score (nSPS) is 21.1. The quantitative estimate of drug-likeness (QED) is 0.645. The number of carbonyl (C=O) groups excluding carboxylic acids is 1. The Morgan fingerprint density at radius 2 is 2.04 bits per heavy atom. The zero-order valence-electron chi connectivity index (χ0n) is 14.8. The van der Waals surface area contributed by atoms with E-state index in [1.54, 1.807) is 32.9 Å². The summed E-state index contributed by atoms with van der Waals surface area (Å²) in [5.41, 5.74) is 5.14. The summed E-state index contributed by atoms with van der Waals surface area (Å²) in [6.45, 7) is 5.79. The van der Waals surface area contributed by atoms with Gasteiger partial charge in [0.25, 0.3) is 0 Å². The highest BCUT2D eigenvalue weighted by molar-refractivity contribution is 9.11. The van der Waals surface area contributed by atoms with Gasteiger partial charge in [-0.15, -0.1) is 0 Å². The van der Waals surface area contributed by atoms with Crippen LogP contribution in [0.25, 0.3) is 0 Å². The molecule has 10 heteroatoms.